The first-order valence-corrected chi connectivity index (χ1v) is 10.1. The number of nitrogens with one attached hydrogen (secondary N) is 1. The van der Waals surface area contributed by atoms with Crippen LogP contribution < -0.4 is 15.0 Å². The predicted molar refractivity (Wildman–Crippen MR) is 114 cm³/mol. The number of carbonyl (C=O) groups is 3. The molecule has 0 spiro atoms. The molecular weight excluding hydrogens is 390 g/mol. The maximum absolute atomic E-state index is 13.5. The maximum atomic E-state index is 13.5. The number of amides is 3. The van der Waals surface area contributed by atoms with E-state index < -0.39 is 11.4 Å². The minimum Gasteiger partial charge on any atom is -0.494 e. The number of rotatable bonds is 2. The Bertz CT molecular complexity index is 1080. The summed E-state index contributed by atoms with van der Waals surface area (Å²) in [6.45, 7) is 9.66. The van der Waals surface area contributed by atoms with Gasteiger partial charge in [0.05, 0.1) is 28.3 Å². The fraction of sp³-hybridized carbons (Fsp3) is 0.333. The van der Waals surface area contributed by atoms with Crippen molar-refractivity contribution in [3.8, 4) is 5.75 Å². The van der Waals surface area contributed by atoms with Gasteiger partial charge < -0.3 is 10.1 Å². The van der Waals surface area contributed by atoms with Crippen molar-refractivity contribution in [3.63, 3.8) is 0 Å². The lowest BCUT2D eigenvalue weighted by Gasteiger charge is -2.38. The summed E-state index contributed by atoms with van der Waals surface area (Å²) in [5.74, 6) is -0.464. The van der Waals surface area contributed by atoms with Gasteiger partial charge in [0.1, 0.15) is 5.75 Å². The first-order valence-electron chi connectivity index (χ1n) is 9.32. The van der Waals surface area contributed by atoms with Crippen LogP contribution in [-0.2, 0) is 14.4 Å². The summed E-state index contributed by atoms with van der Waals surface area (Å²) >= 11 is 1.01. The van der Waals surface area contributed by atoms with Crippen molar-refractivity contribution in [1.29, 1.82) is 0 Å². The third-order valence-corrected chi connectivity index (χ3v) is 5.95. The topological polar surface area (TPSA) is 88.1 Å². The Kier molecular flexibility index (Phi) is 4.42. The van der Waals surface area contributed by atoms with Crippen molar-refractivity contribution in [1.82, 2.24) is 5.32 Å². The first-order chi connectivity index (χ1) is 13.6. The van der Waals surface area contributed by atoms with E-state index in [1.807, 2.05) is 45.9 Å². The van der Waals surface area contributed by atoms with Crippen LogP contribution in [-0.4, -0.2) is 35.0 Å². The molecule has 1 aromatic rings. The van der Waals surface area contributed by atoms with E-state index in [1.54, 1.807) is 4.90 Å². The van der Waals surface area contributed by atoms with Gasteiger partial charge in [0.15, 0.2) is 5.17 Å². The van der Waals surface area contributed by atoms with Crippen molar-refractivity contribution in [3.05, 3.63) is 34.2 Å². The van der Waals surface area contributed by atoms with Crippen molar-refractivity contribution in [2.45, 2.75) is 40.2 Å². The van der Waals surface area contributed by atoms with Gasteiger partial charge in [-0.2, -0.15) is 4.99 Å². The van der Waals surface area contributed by atoms with E-state index in [2.05, 4.69) is 10.3 Å². The second kappa shape index (κ2) is 6.59. The van der Waals surface area contributed by atoms with Crippen molar-refractivity contribution >= 4 is 51.5 Å². The third-order valence-electron chi connectivity index (χ3n) is 4.98. The Morgan fingerprint density at radius 1 is 1.28 bits per heavy atom. The molecule has 0 aromatic heterocycles. The Labute approximate surface area is 172 Å². The van der Waals surface area contributed by atoms with Crippen LogP contribution in [0.4, 0.5) is 5.69 Å². The highest BCUT2D eigenvalue weighted by atomic mass is 32.2. The van der Waals surface area contributed by atoms with E-state index >= 15 is 0 Å². The van der Waals surface area contributed by atoms with E-state index in [4.69, 9.17) is 4.74 Å². The molecule has 0 saturated heterocycles. The zero-order chi connectivity index (χ0) is 21.1. The number of carbonyl (C=O) groups excluding carboxylic acids is 3. The number of hydrogen-bond acceptors (Lipinski definition) is 5. The van der Waals surface area contributed by atoms with Crippen molar-refractivity contribution < 1.29 is 19.1 Å². The molecule has 7 nitrogen and oxygen atoms in total. The predicted octanol–water partition coefficient (Wildman–Crippen LogP) is 3.10. The summed E-state index contributed by atoms with van der Waals surface area (Å²) in [6, 6.07) is 3.74. The number of benzene rings is 1. The van der Waals surface area contributed by atoms with E-state index in [0.29, 0.717) is 23.5 Å². The van der Waals surface area contributed by atoms with Crippen LogP contribution >= 0.6 is 11.8 Å². The molecule has 3 amide bonds. The molecule has 3 heterocycles. The van der Waals surface area contributed by atoms with Crippen LogP contribution in [0, 0.1) is 0 Å². The summed E-state index contributed by atoms with van der Waals surface area (Å²) in [6.07, 6.45) is 2.04. The minimum atomic E-state index is -0.550. The average molecular weight is 411 g/mol. The molecule has 0 bridgehead atoms. The van der Waals surface area contributed by atoms with E-state index in [-0.39, 0.29) is 21.9 Å². The number of allylic oxidation sites excluding steroid dienone is 1. The summed E-state index contributed by atoms with van der Waals surface area (Å²) in [5, 5.41) is 2.71. The monoisotopic (exact) mass is 411 g/mol. The second-order valence-electron chi connectivity index (χ2n) is 7.63. The summed E-state index contributed by atoms with van der Waals surface area (Å²) in [5.41, 5.74) is 3.15. The van der Waals surface area contributed by atoms with Crippen LogP contribution in [0.5, 0.6) is 5.75 Å². The van der Waals surface area contributed by atoms with Crippen molar-refractivity contribution in [2.24, 2.45) is 4.99 Å². The SMILES string of the molecule is CCOc1cc2c3c(c1)/C(=C1\SC(NC(C)=O)=NC1=O)C(=O)N3C(C)(C)C=C2C. The van der Waals surface area contributed by atoms with Gasteiger partial charge in [-0.05, 0) is 57.2 Å². The highest BCUT2D eigenvalue weighted by Crippen LogP contribution is 2.52. The first kappa shape index (κ1) is 19.4. The Morgan fingerprint density at radius 2 is 1.97 bits per heavy atom. The Hall–Kier alpha value is -2.87. The van der Waals surface area contributed by atoms with Gasteiger partial charge >= 0.3 is 0 Å². The molecule has 0 unspecified atom stereocenters. The zero-order valence-electron chi connectivity index (χ0n) is 16.9. The molecule has 4 rings (SSSR count). The van der Waals surface area contributed by atoms with Crippen LogP contribution in [0.15, 0.2) is 28.1 Å². The van der Waals surface area contributed by atoms with Gasteiger partial charge in [-0.1, -0.05) is 6.08 Å². The van der Waals surface area contributed by atoms with Gasteiger partial charge in [0.2, 0.25) is 5.91 Å². The lowest BCUT2D eigenvalue weighted by atomic mass is 9.89. The number of amidine groups is 1. The van der Waals surface area contributed by atoms with Gasteiger partial charge in [-0.25, -0.2) is 0 Å². The molecule has 0 aliphatic carbocycles. The normalized spacial score (nSPS) is 21.8. The van der Waals surface area contributed by atoms with E-state index in [1.165, 1.54) is 6.92 Å². The van der Waals surface area contributed by atoms with Crippen molar-refractivity contribution in [2.75, 3.05) is 11.5 Å². The number of thioether (sulfide) groups is 1. The molecule has 0 fully saturated rings. The molecule has 3 aliphatic rings. The highest BCUT2D eigenvalue weighted by Gasteiger charge is 2.47. The van der Waals surface area contributed by atoms with Gasteiger partial charge in [0.25, 0.3) is 11.8 Å². The molecule has 3 aliphatic heterocycles. The lowest BCUT2D eigenvalue weighted by molar-refractivity contribution is -0.117. The Morgan fingerprint density at radius 3 is 2.62 bits per heavy atom. The minimum absolute atomic E-state index is 0.183. The fourth-order valence-electron chi connectivity index (χ4n) is 4.03. The quantitative estimate of drug-likeness (QED) is 0.756. The largest absolute Gasteiger partial charge is 0.494 e. The standard InChI is InChI=1S/C21H21N3O4S/c1-6-28-12-7-13-10(2)9-21(4,5)24-16(13)14(8-12)15(19(24)27)17-18(26)23-20(29-17)22-11(3)25/h7-9H,6H2,1-5H3,(H,22,23,25,26)/b17-15+. The molecular formula is C21H21N3O4S. The van der Waals surface area contributed by atoms with Crippen LogP contribution in [0.25, 0.3) is 11.1 Å². The summed E-state index contributed by atoms with van der Waals surface area (Å²) < 4.78 is 5.72. The number of ether oxygens (including phenoxy) is 1. The second-order valence-corrected chi connectivity index (χ2v) is 8.63. The number of aliphatic imine (C=N–C) groups is 1. The van der Waals surface area contributed by atoms with Gasteiger partial charge in [-0.15, -0.1) is 0 Å². The molecule has 0 saturated carbocycles. The molecule has 0 atom stereocenters. The third kappa shape index (κ3) is 2.98. The lowest BCUT2D eigenvalue weighted by Crippen LogP contribution is -2.46. The van der Waals surface area contributed by atoms with Gasteiger partial charge in [-0.3, -0.25) is 19.3 Å². The summed E-state index contributed by atoms with van der Waals surface area (Å²) in [7, 11) is 0. The van der Waals surface area contributed by atoms with E-state index in [0.717, 1.165) is 28.6 Å². The maximum Gasteiger partial charge on any atom is 0.287 e. The molecule has 1 aromatic carbocycles. The number of hydrogen-bond donors (Lipinski definition) is 1. The average Bonchev–Trinajstić information content (AvgIpc) is 3.09. The fourth-order valence-corrected chi connectivity index (χ4v) is 4.98. The molecule has 1 N–H and O–H groups in total. The molecule has 8 heteroatoms. The molecule has 150 valence electrons. The van der Waals surface area contributed by atoms with Crippen LogP contribution in [0.2, 0.25) is 0 Å². The smallest absolute Gasteiger partial charge is 0.287 e. The van der Waals surface area contributed by atoms with E-state index in [9.17, 15) is 14.4 Å². The molecule has 0 radical (unpaired) electrons. The number of anilines is 1. The molecule has 29 heavy (non-hydrogen) atoms. The van der Waals surface area contributed by atoms with Gasteiger partial charge in [0, 0.05) is 18.1 Å². The number of nitrogens with zero attached hydrogens (tertiary/aromatic N) is 2. The zero-order valence-corrected chi connectivity index (χ0v) is 17.7. The van der Waals surface area contributed by atoms with Crippen LogP contribution in [0.1, 0.15) is 45.7 Å². The summed E-state index contributed by atoms with van der Waals surface area (Å²) in [4.78, 5) is 43.3. The highest BCUT2D eigenvalue weighted by molar-refractivity contribution is 8.18. The Balaban J connectivity index is 1.94. The van der Waals surface area contributed by atoms with Crippen LogP contribution in [0.3, 0.4) is 0 Å².